The summed E-state index contributed by atoms with van der Waals surface area (Å²) < 4.78 is 18.8. The van der Waals surface area contributed by atoms with Crippen LogP contribution in [0.25, 0.3) is 11.1 Å². The van der Waals surface area contributed by atoms with Crippen LogP contribution >= 0.6 is 11.6 Å². The zero-order chi connectivity index (χ0) is 11.5. The Morgan fingerprint density at radius 3 is 2.50 bits per heavy atom. The maximum atomic E-state index is 13.7. The summed E-state index contributed by atoms with van der Waals surface area (Å²) in [6.07, 6.45) is 0. The van der Waals surface area contributed by atoms with Gasteiger partial charge in [-0.15, -0.1) is 0 Å². The van der Waals surface area contributed by atoms with Crippen LogP contribution in [0.5, 0.6) is 5.75 Å². The Morgan fingerprint density at radius 1 is 1.06 bits per heavy atom. The lowest BCUT2D eigenvalue weighted by molar-refractivity contribution is 0.416. The van der Waals surface area contributed by atoms with E-state index in [1.165, 1.54) is 13.2 Å². The lowest BCUT2D eigenvalue weighted by Gasteiger charge is -2.10. The smallest absolute Gasteiger partial charge is 0.131 e. The molecule has 2 aromatic carbocycles. The van der Waals surface area contributed by atoms with E-state index in [0.717, 1.165) is 0 Å². The van der Waals surface area contributed by atoms with Gasteiger partial charge in [0.05, 0.1) is 12.1 Å². The Hall–Kier alpha value is -1.54. The molecule has 0 atom stereocenters. The summed E-state index contributed by atoms with van der Waals surface area (Å²) in [6.45, 7) is 0. The molecule has 0 heterocycles. The lowest BCUT2D eigenvalue weighted by atomic mass is 10.0. The van der Waals surface area contributed by atoms with Gasteiger partial charge < -0.3 is 4.74 Å². The van der Waals surface area contributed by atoms with Gasteiger partial charge in [-0.05, 0) is 18.2 Å². The molecule has 0 fully saturated rings. The van der Waals surface area contributed by atoms with Crippen molar-refractivity contribution in [2.24, 2.45) is 0 Å². The van der Waals surface area contributed by atoms with E-state index in [0.29, 0.717) is 21.9 Å². The topological polar surface area (TPSA) is 9.23 Å². The van der Waals surface area contributed by atoms with Crippen molar-refractivity contribution in [1.82, 2.24) is 0 Å². The molecule has 0 aliphatic heterocycles. The highest BCUT2D eigenvalue weighted by Gasteiger charge is 2.13. The number of rotatable bonds is 2. The largest absolute Gasteiger partial charge is 0.496 e. The van der Waals surface area contributed by atoms with E-state index >= 15 is 0 Å². The second kappa shape index (κ2) is 4.54. The SMILES string of the molecule is COc1cccc(Cl)c1-c1ccccc1F. The van der Waals surface area contributed by atoms with Crippen molar-refractivity contribution in [3.05, 3.63) is 53.3 Å². The average molecular weight is 237 g/mol. The Kier molecular flexibility index (Phi) is 3.11. The summed E-state index contributed by atoms with van der Waals surface area (Å²) in [5, 5.41) is 0.476. The summed E-state index contributed by atoms with van der Waals surface area (Å²) in [6, 6.07) is 11.7. The maximum absolute atomic E-state index is 13.7. The molecule has 2 aromatic rings. The Morgan fingerprint density at radius 2 is 1.81 bits per heavy atom. The normalized spacial score (nSPS) is 10.2. The molecule has 0 aliphatic rings. The zero-order valence-electron chi connectivity index (χ0n) is 8.71. The fraction of sp³-hybridized carbons (Fsp3) is 0.0769. The first kappa shape index (κ1) is 11.0. The Balaban J connectivity index is 2.68. The molecule has 0 amide bonds. The van der Waals surface area contributed by atoms with Crippen molar-refractivity contribution < 1.29 is 9.13 Å². The lowest BCUT2D eigenvalue weighted by Crippen LogP contribution is -1.91. The van der Waals surface area contributed by atoms with Gasteiger partial charge in [-0.2, -0.15) is 0 Å². The van der Waals surface area contributed by atoms with Gasteiger partial charge >= 0.3 is 0 Å². The van der Waals surface area contributed by atoms with E-state index in [1.807, 2.05) is 0 Å². The number of hydrogen-bond acceptors (Lipinski definition) is 1. The number of hydrogen-bond donors (Lipinski definition) is 0. The van der Waals surface area contributed by atoms with E-state index in [9.17, 15) is 4.39 Å². The van der Waals surface area contributed by atoms with Crippen molar-refractivity contribution in [3.8, 4) is 16.9 Å². The van der Waals surface area contributed by atoms with Gasteiger partial charge in [0.15, 0.2) is 0 Å². The van der Waals surface area contributed by atoms with Crippen LogP contribution in [0.2, 0.25) is 5.02 Å². The van der Waals surface area contributed by atoms with Crippen LogP contribution in [0.3, 0.4) is 0 Å². The van der Waals surface area contributed by atoms with Crippen LogP contribution in [-0.4, -0.2) is 7.11 Å². The second-order valence-electron chi connectivity index (χ2n) is 3.30. The quantitative estimate of drug-likeness (QED) is 0.761. The van der Waals surface area contributed by atoms with Crippen LogP contribution in [-0.2, 0) is 0 Å². The van der Waals surface area contributed by atoms with Crippen LogP contribution in [0.1, 0.15) is 0 Å². The van der Waals surface area contributed by atoms with E-state index in [1.54, 1.807) is 36.4 Å². The van der Waals surface area contributed by atoms with Crippen molar-refractivity contribution >= 4 is 11.6 Å². The van der Waals surface area contributed by atoms with Crippen LogP contribution in [0.15, 0.2) is 42.5 Å². The van der Waals surface area contributed by atoms with Gasteiger partial charge in [-0.25, -0.2) is 4.39 Å². The summed E-state index contributed by atoms with van der Waals surface area (Å²) in [5.74, 6) is 0.256. The van der Waals surface area contributed by atoms with Gasteiger partial charge in [-0.1, -0.05) is 35.9 Å². The fourth-order valence-electron chi connectivity index (χ4n) is 1.60. The van der Waals surface area contributed by atoms with E-state index in [2.05, 4.69) is 0 Å². The molecule has 0 saturated carbocycles. The van der Waals surface area contributed by atoms with E-state index < -0.39 is 0 Å². The van der Waals surface area contributed by atoms with Crippen molar-refractivity contribution in [2.45, 2.75) is 0 Å². The molecular formula is C13H10ClFO. The molecule has 16 heavy (non-hydrogen) atoms. The minimum absolute atomic E-state index is 0.311. The van der Waals surface area contributed by atoms with Gasteiger partial charge in [-0.3, -0.25) is 0 Å². The molecule has 82 valence electrons. The van der Waals surface area contributed by atoms with Gasteiger partial charge in [0.1, 0.15) is 11.6 Å². The Labute approximate surface area is 98.4 Å². The fourth-order valence-corrected chi connectivity index (χ4v) is 1.87. The third-order valence-corrected chi connectivity index (χ3v) is 2.65. The first-order valence-corrected chi connectivity index (χ1v) is 5.19. The molecule has 0 radical (unpaired) electrons. The molecule has 0 aliphatic carbocycles. The van der Waals surface area contributed by atoms with E-state index in [-0.39, 0.29) is 5.82 Å². The predicted octanol–water partition coefficient (Wildman–Crippen LogP) is 4.15. The summed E-state index contributed by atoms with van der Waals surface area (Å²) in [4.78, 5) is 0. The first-order chi connectivity index (χ1) is 7.74. The molecule has 0 bridgehead atoms. The van der Waals surface area contributed by atoms with Crippen molar-refractivity contribution in [1.29, 1.82) is 0 Å². The summed E-state index contributed by atoms with van der Waals surface area (Å²) in [5.41, 5.74) is 1.04. The maximum Gasteiger partial charge on any atom is 0.131 e. The standard InChI is InChI=1S/C13H10ClFO/c1-16-12-8-4-6-10(14)13(12)9-5-2-3-7-11(9)15/h2-8H,1H3. The van der Waals surface area contributed by atoms with Crippen LogP contribution in [0.4, 0.5) is 4.39 Å². The Bertz CT molecular complexity index is 511. The van der Waals surface area contributed by atoms with Gasteiger partial charge in [0, 0.05) is 11.1 Å². The molecule has 0 N–H and O–H groups in total. The minimum Gasteiger partial charge on any atom is -0.496 e. The highest BCUT2D eigenvalue weighted by atomic mass is 35.5. The summed E-state index contributed by atoms with van der Waals surface area (Å²) >= 11 is 6.07. The molecule has 0 spiro atoms. The first-order valence-electron chi connectivity index (χ1n) is 4.81. The molecule has 0 aromatic heterocycles. The molecular weight excluding hydrogens is 227 g/mol. The molecule has 2 rings (SSSR count). The highest BCUT2D eigenvalue weighted by Crippen LogP contribution is 2.37. The molecule has 1 nitrogen and oxygen atoms in total. The monoisotopic (exact) mass is 236 g/mol. The number of halogens is 2. The van der Waals surface area contributed by atoms with Crippen molar-refractivity contribution in [2.75, 3.05) is 7.11 Å². The number of ether oxygens (including phenoxy) is 1. The third kappa shape index (κ3) is 1.89. The molecule has 0 saturated heterocycles. The van der Waals surface area contributed by atoms with Crippen molar-refractivity contribution in [3.63, 3.8) is 0 Å². The molecule has 0 unspecified atom stereocenters. The second-order valence-corrected chi connectivity index (χ2v) is 3.70. The average Bonchev–Trinajstić information content (AvgIpc) is 2.30. The van der Waals surface area contributed by atoms with Gasteiger partial charge in [0.25, 0.3) is 0 Å². The van der Waals surface area contributed by atoms with Crippen LogP contribution < -0.4 is 4.74 Å². The van der Waals surface area contributed by atoms with Gasteiger partial charge in [0.2, 0.25) is 0 Å². The highest BCUT2D eigenvalue weighted by molar-refractivity contribution is 6.33. The molecule has 3 heteroatoms. The summed E-state index contributed by atoms with van der Waals surface area (Å²) in [7, 11) is 1.54. The third-order valence-electron chi connectivity index (χ3n) is 2.34. The zero-order valence-corrected chi connectivity index (χ0v) is 9.46. The minimum atomic E-state index is -0.311. The van der Waals surface area contributed by atoms with Crippen LogP contribution in [0, 0.1) is 5.82 Å². The number of methoxy groups -OCH3 is 1. The van der Waals surface area contributed by atoms with E-state index in [4.69, 9.17) is 16.3 Å². The number of benzene rings is 2. The predicted molar refractivity (Wildman–Crippen MR) is 63.4 cm³/mol.